The minimum Gasteiger partial charge on any atom is -0.354 e. The van der Waals surface area contributed by atoms with Gasteiger partial charge in [0.2, 0.25) is 0 Å². The van der Waals surface area contributed by atoms with Crippen molar-refractivity contribution in [3.63, 3.8) is 0 Å². The highest BCUT2D eigenvalue weighted by Gasteiger charge is 2.26. The molecule has 100 valence electrons. The number of carbonyl (C=O) groups excluding carboxylic acids is 1. The predicted octanol–water partition coefficient (Wildman–Crippen LogP) is 2.63. The van der Waals surface area contributed by atoms with Crippen LogP contribution in [0, 0.1) is 11.8 Å². The molecule has 1 saturated heterocycles. The van der Waals surface area contributed by atoms with Crippen molar-refractivity contribution < 1.29 is 4.79 Å². The highest BCUT2D eigenvalue weighted by Crippen LogP contribution is 2.28. The van der Waals surface area contributed by atoms with Crippen LogP contribution in [-0.2, 0) is 0 Å². The molecule has 0 bridgehead atoms. The summed E-state index contributed by atoms with van der Waals surface area (Å²) in [6.07, 6.45) is 4.06. The van der Waals surface area contributed by atoms with Gasteiger partial charge in [0, 0.05) is 19.3 Å². The molecule has 1 aliphatic rings. The molecule has 3 rings (SSSR count). The van der Waals surface area contributed by atoms with Crippen molar-refractivity contribution in [2.24, 2.45) is 11.8 Å². The molecule has 3 heterocycles. The largest absolute Gasteiger partial charge is 0.354 e. The van der Waals surface area contributed by atoms with E-state index in [4.69, 9.17) is 0 Å². The molecule has 2 atom stereocenters. The van der Waals surface area contributed by atoms with Gasteiger partial charge < -0.3 is 4.90 Å². The Bertz CT molecular complexity index is 594. The Morgan fingerprint density at radius 2 is 2.00 bits per heavy atom. The van der Waals surface area contributed by atoms with Crippen LogP contribution in [0.25, 0.3) is 5.65 Å². The van der Waals surface area contributed by atoms with Crippen molar-refractivity contribution in [2.45, 2.75) is 20.3 Å². The third-order valence-electron chi connectivity index (χ3n) is 3.83. The van der Waals surface area contributed by atoms with Gasteiger partial charge in [0.1, 0.15) is 11.3 Å². The van der Waals surface area contributed by atoms with Gasteiger partial charge in [-0.3, -0.25) is 9.20 Å². The molecule has 0 amide bonds. The fourth-order valence-corrected chi connectivity index (χ4v) is 3.18. The van der Waals surface area contributed by atoms with E-state index < -0.39 is 0 Å². The Morgan fingerprint density at radius 3 is 2.68 bits per heavy atom. The fraction of sp³-hybridized carbons (Fsp3) is 0.467. The Kier molecular flexibility index (Phi) is 3.01. The third kappa shape index (κ3) is 2.11. The number of anilines is 1. The van der Waals surface area contributed by atoms with Crippen LogP contribution in [0.4, 0.5) is 5.82 Å². The number of aromatic nitrogens is 2. The van der Waals surface area contributed by atoms with Gasteiger partial charge in [0.25, 0.3) is 0 Å². The van der Waals surface area contributed by atoms with Gasteiger partial charge in [0.05, 0.1) is 0 Å². The van der Waals surface area contributed by atoms with Crippen LogP contribution in [0.5, 0.6) is 0 Å². The van der Waals surface area contributed by atoms with E-state index in [9.17, 15) is 4.79 Å². The molecule has 0 N–H and O–H groups in total. The average Bonchev–Trinajstić information content (AvgIpc) is 2.76. The van der Waals surface area contributed by atoms with Gasteiger partial charge in [-0.1, -0.05) is 19.9 Å². The summed E-state index contributed by atoms with van der Waals surface area (Å²) in [7, 11) is 0. The lowest BCUT2D eigenvalue weighted by Crippen LogP contribution is -2.39. The van der Waals surface area contributed by atoms with E-state index in [0.29, 0.717) is 17.5 Å². The first kappa shape index (κ1) is 12.2. The van der Waals surface area contributed by atoms with Crippen molar-refractivity contribution in [1.29, 1.82) is 0 Å². The second-order valence-corrected chi connectivity index (χ2v) is 5.72. The summed E-state index contributed by atoms with van der Waals surface area (Å²) < 4.78 is 1.87. The van der Waals surface area contributed by atoms with Crippen molar-refractivity contribution in [3.05, 3.63) is 30.1 Å². The van der Waals surface area contributed by atoms with Crippen molar-refractivity contribution in [2.75, 3.05) is 18.0 Å². The Labute approximate surface area is 113 Å². The highest BCUT2D eigenvalue weighted by molar-refractivity contribution is 5.83. The minimum absolute atomic E-state index is 0.646. The lowest BCUT2D eigenvalue weighted by atomic mass is 9.92. The standard InChI is InChI=1S/C15H19N3O/c1-11-7-12(2)9-17(8-11)15-13(10-19)18-6-4-3-5-14(18)16-15/h3-6,10-12H,7-9H2,1-2H3. The van der Waals surface area contributed by atoms with Gasteiger partial charge >= 0.3 is 0 Å². The molecule has 0 spiro atoms. The van der Waals surface area contributed by atoms with Crippen molar-refractivity contribution in [3.8, 4) is 0 Å². The summed E-state index contributed by atoms with van der Waals surface area (Å²) in [6, 6.07) is 5.81. The topological polar surface area (TPSA) is 37.6 Å². The Balaban J connectivity index is 2.06. The maximum atomic E-state index is 11.4. The monoisotopic (exact) mass is 257 g/mol. The molecule has 4 nitrogen and oxygen atoms in total. The van der Waals surface area contributed by atoms with Crippen LogP contribution in [0.15, 0.2) is 24.4 Å². The van der Waals surface area contributed by atoms with E-state index in [2.05, 4.69) is 23.7 Å². The van der Waals surface area contributed by atoms with E-state index in [1.165, 1.54) is 6.42 Å². The van der Waals surface area contributed by atoms with Crippen LogP contribution < -0.4 is 4.90 Å². The molecule has 2 aromatic heterocycles. The molecule has 4 heteroatoms. The molecule has 2 unspecified atom stereocenters. The molecule has 19 heavy (non-hydrogen) atoms. The zero-order valence-electron chi connectivity index (χ0n) is 11.4. The van der Waals surface area contributed by atoms with Crippen molar-refractivity contribution in [1.82, 2.24) is 9.38 Å². The fourth-order valence-electron chi connectivity index (χ4n) is 3.18. The molecule has 2 aromatic rings. The second-order valence-electron chi connectivity index (χ2n) is 5.72. The summed E-state index contributed by atoms with van der Waals surface area (Å²) in [6.45, 7) is 6.49. The van der Waals surface area contributed by atoms with Crippen LogP contribution in [0.3, 0.4) is 0 Å². The third-order valence-corrected chi connectivity index (χ3v) is 3.83. The zero-order chi connectivity index (χ0) is 13.4. The maximum Gasteiger partial charge on any atom is 0.170 e. The summed E-state index contributed by atoms with van der Waals surface area (Å²) in [5.74, 6) is 2.13. The molecule has 1 fully saturated rings. The molecule has 0 aliphatic carbocycles. The highest BCUT2D eigenvalue weighted by atomic mass is 16.1. The minimum atomic E-state index is 0.646. The Hall–Kier alpha value is -1.84. The SMILES string of the molecule is CC1CC(C)CN(c2nc3ccccn3c2C=O)C1. The van der Waals surface area contributed by atoms with Gasteiger partial charge in [-0.15, -0.1) is 0 Å². The number of aldehydes is 1. The first-order chi connectivity index (χ1) is 9.19. The number of carbonyl (C=O) groups is 1. The van der Waals surface area contributed by atoms with Crippen LogP contribution in [0.1, 0.15) is 30.8 Å². The number of hydrogen-bond donors (Lipinski definition) is 0. The van der Waals surface area contributed by atoms with Crippen LogP contribution >= 0.6 is 0 Å². The Morgan fingerprint density at radius 1 is 1.26 bits per heavy atom. The first-order valence-corrected chi connectivity index (χ1v) is 6.86. The number of fused-ring (bicyclic) bond motifs is 1. The number of rotatable bonds is 2. The van der Waals surface area contributed by atoms with Gasteiger partial charge in [-0.05, 0) is 30.4 Å². The number of hydrogen-bond acceptors (Lipinski definition) is 3. The summed E-state index contributed by atoms with van der Waals surface area (Å²) >= 11 is 0. The normalized spacial score (nSPS) is 23.8. The average molecular weight is 257 g/mol. The molecule has 0 saturated carbocycles. The maximum absolute atomic E-state index is 11.4. The molecular formula is C15H19N3O. The lowest BCUT2D eigenvalue weighted by Gasteiger charge is -2.35. The number of imidazole rings is 1. The lowest BCUT2D eigenvalue weighted by molar-refractivity contribution is 0.111. The van der Waals surface area contributed by atoms with Crippen molar-refractivity contribution >= 4 is 17.8 Å². The number of piperidine rings is 1. The second kappa shape index (κ2) is 4.68. The number of nitrogens with zero attached hydrogens (tertiary/aromatic N) is 3. The quantitative estimate of drug-likeness (QED) is 0.776. The van der Waals surface area contributed by atoms with E-state index in [-0.39, 0.29) is 0 Å². The molecular weight excluding hydrogens is 238 g/mol. The van der Waals surface area contributed by atoms with E-state index >= 15 is 0 Å². The zero-order valence-corrected chi connectivity index (χ0v) is 11.4. The smallest absolute Gasteiger partial charge is 0.170 e. The van der Waals surface area contributed by atoms with E-state index in [0.717, 1.165) is 30.8 Å². The summed E-state index contributed by atoms with van der Waals surface area (Å²) in [4.78, 5) is 18.3. The summed E-state index contributed by atoms with van der Waals surface area (Å²) in [5, 5.41) is 0. The molecule has 0 aromatic carbocycles. The van der Waals surface area contributed by atoms with E-state index in [1.807, 2.05) is 28.8 Å². The molecule has 1 aliphatic heterocycles. The van der Waals surface area contributed by atoms with Gasteiger partial charge in [-0.2, -0.15) is 0 Å². The summed E-state index contributed by atoms with van der Waals surface area (Å²) in [5.41, 5.74) is 1.50. The van der Waals surface area contributed by atoms with Gasteiger partial charge in [0.15, 0.2) is 12.1 Å². The number of pyridine rings is 1. The van der Waals surface area contributed by atoms with Gasteiger partial charge in [-0.25, -0.2) is 4.98 Å². The molecule has 0 radical (unpaired) electrons. The first-order valence-electron chi connectivity index (χ1n) is 6.86. The van der Waals surface area contributed by atoms with E-state index in [1.54, 1.807) is 0 Å². The van der Waals surface area contributed by atoms with Crippen LogP contribution in [-0.4, -0.2) is 28.8 Å². The predicted molar refractivity (Wildman–Crippen MR) is 75.7 cm³/mol. The van der Waals surface area contributed by atoms with Crippen LogP contribution in [0.2, 0.25) is 0 Å².